The van der Waals surface area contributed by atoms with Gasteiger partial charge in [0.05, 0.1) is 12.5 Å². The van der Waals surface area contributed by atoms with Crippen molar-refractivity contribution < 1.29 is 9.13 Å². The van der Waals surface area contributed by atoms with Crippen molar-refractivity contribution in [1.29, 1.82) is 0 Å². The summed E-state index contributed by atoms with van der Waals surface area (Å²) in [6.45, 7) is 1.82. The number of hydrogen-bond acceptors (Lipinski definition) is 1. The number of alkyl halides is 1. The van der Waals surface area contributed by atoms with E-state index in [1.807, 2.05) is 13.0 Å². The topological polar surface area (TPSA) is 9.23 Å². The molecule has 0 heterocycles. The van der Waals surface area contributed by atoms with Crippen LogP contribution in [0.25, 0.3) is 0 Å². The number of hydrogen-bond donors (Lipinski definition) is 0. The van der Waals surface area contributed by atoms with Crippen LogP contribution in [0.2, 0.25) is 5.02 Å². The van der Waals surface area contributed by atoms with Crippen LogP contribution in [-0.4, -0.2) is 7.11 Å². The van der Waals surface area contributed by atoms with Gasteiger partial charge in [0, 0.05) is 5.02 Å². The molecule has 2 aromatic carbocycles. The molecule has 0 bridgehead atoms. The molecule has 1 unspecified atom stereocenters. The standard InChI is InChI=1S/C15H13Cl2FO/c1-9-7-10(18)3-5-12(9)15(17)13-6-4-11(19-2)8-14(13)16/h3-8,15H,1-2H3. The van der Waals surface area contributed by atoms with Crippen LogP contribution in [0.4, 0.5) is 4.39 Å². The molecule has 0 aliphatic carbocycles. The van der Waals surface area contributed by atoms with Gasteiger partial charge in [-0.05, 0) is 47.9 Å². The van der Waals surface area contributed by atoms with Crippen molar-refractivity contribution in [2.75, 3.05) is 7.11 Å². The van der Waals surface area contributed by atoms with Crippen molar-refractivity contribution in [1.82, 2.24) is 0 Å². The molecule has 19 heavy (non-hydrogen) atoms. The van der Waals surface area contributed by atoms with E-state index >= 15 is 0 Å². The fourth-order valence-electron chi connectivity index (χ4n) is 1.93. The predicted molar refractivity (Wildman–Crippen MR) is 76.8 cm³/mol. The van der Waals surface area contributed by atoms with Crippen LogP contribution in [0.15, 0.2) is 36.4 Å². The van der Waals surface area contributed by atoms with E-state index in [0.717, 1.165) is 16.7 Å². The van der Waals surface area contributed by atoms with E-state index in [9.17, 15) is 4.39 Å². The minimum atomic E-state index is -0.418. The van der Waals surface area contributed by atoms with Crippen LogP contribution in [0.1, 0.15) is 22.1 Å². The van der Waals surface area contributed by atoms with Gasteiger partial charge in [0.1, 0.15) is 11.6 Å². The third-order valence-corrected chi connectivity index (χ3v) is 3.78. The zero-order valence-corrected chi connectivity index (χ0v) is 12.1. The first-order valence-electron chi connectivity index (χ1n) is 5.76. The summed E-state index contributed by atoms with van der Waals surface area (Å²) in [6.07, 6.45) is 0. The maximum atomic E-state index is 13.1. The summed E-state index contributed by atoms with van der Waals surface area (Å²) in [6, 6.07) is 9.88. The molecule has 2 rings (SSSR count). The van der Waals surface area contributed by atoms with Crippen molar-refractivity contribution in [3.05, 3.63) is 63.9 Å². The van der Waals surface area contributed by atoms with Gasteiger partial charge in [0.25, 0.3) is 0 Å². The van der Waals surface area contributed by atoms with Crippen LogP contribution in [0.5, 0.6) is 5.75 Å². The lowest BCUT2D eigenvalue weighted by atomic mass is 10.00. The third kappa shape index (κ3) is 3.02. The predicted octanol–water partition coefficient (Wildman–Crippen LogP) is 5.12. The molecule has 0 fully saturated rings. The number of benzene rings is 2. The van der Waals surface area contributed by atoms with Crippen molar-refractivity contribution in [3.8, 4) is 5.75 Å². The molecule has 0 N–H and O–H groups in total. The Morgan fingerprint density at radius 1 is 1.11 bits per heavy atom. The second-order valence-electron chi connectivity index (χ2n) is 4.25. The van der Waals surface area contributed by atoms with Crippen molar-refractivity contribution >= 4 is 23.2 Å². The fourth-order valence-corrected chi connectivity index (χ4v) is 2.70. The number of rotatable bonds is 3. The molecule has 2 aromatic rings. The molecule has 0 saturated carbocycles. The maximum absolute atomic E-state index is 13.1. The van der Waals surface area contributed by atoms with Gasteiger partial charge in [-0.3, -0.25) is 0 Å². The van der Waals surface area contributed by atoms with Crippen molar-refractivity contribution in [2.24, 2.45) is 0 Å². The van der Waals surface area contributed by atoms with Crippen molar-refractivity contribution in [3.63, 3.8) is 0 Å². The van der Waals surface area contributed by atoms with E-state index in [1.54, 1.807) is 25.3 Å². The Morgan fingerprint density at radius 3 is 2.37 bits per heavy atom. The van der Waals surface area contributed by atoms with Crippen molar-refractivity contribution in [2.45, 2.75) is 12.3 Å². The van der Waals surface area contributed by atoms with Gasteiger partial charge in [-0.25, -0.2) is 4.39 Å². The van der Waals surface area contributed by atoms with Gasteiger partial charge in [0.15, 0.2) is 0 Å². The summed E-state index contributed by atoms with van der Waals surface area (Å²) >= 11 is 12.6. The lowest BCUT2D eigenvalue weighted by Gasteiger charge is -2.15. The van der Waals surface area contributed by atoms with Gasteiger partial charge >= 0.3 is 0 Å². The molecule has 0 aliphatic heterocycles. The van der Waals surface area contributed by atoms with E-state index in [0.29, 0.717) is 10.8 Å². The monoisotopic (exact) mass is 298 g/mol. The van der Waals surface area contributed by atoms with E-state index in [1.165, 1.54) is 12.1 Å². The van der Waals surface area contributed by atoms with Gasteiger partial charge in [-0.15, -0.1) is 11.6 Å². The second kappa shape index (κ2) is 5.81. The number of aryl methyl sites for hydroxylation is 1. The first-order valence-corrected chi connectivity index (χ1v) is 6.58. The third-order valence-electron chi connectivity index (χ3n) is 2.99. The fraction of sp³-hybridized carbons (Fsp3) is 0.200. The average Bonchev–Trinajstić information content (AvgIpc) is 2.37. The Balaban J connectivity index is 2.41. The Labute approximate surface area is 121 Å². The van der Waals surface area contributed by atoms with Crippen LogP contribution in [0.3, 0.4) is 0 Å². The van der Waals surface area contributed by atoms with E-state index < -0.39 is 5.38 Å². The molecule has 0 radical (unpaired) electrons. The summed E-state index contributed by atoms with van der Waals surface area (Å²) in [5, 5.41) is 0.113. The normalized spacial score (nSPS) is 12.3. The van der Waals surface area contributed by atoms with Crippen LogP contribution >= 0.6 is 23.2 Å². The quantitative estimate of drug-likeness (QED) is 0.714. The minimum absolute atomic E-state index is 0.272. The average molecular weight is 299 g/mol. The van der Waals surface area contributed by atoms with Crippen LogP contribution in [-0.2, 0) is 0 Å². The molecule has 0 aliphatic rings. The lowest BCUT2D eigenvalue weighted by molar-refractivity contribution is 0.414. The van der Waals surface area contributed by atoms with E-state index in [2.05, 4.69) is 0 Å². The highest BCUT2D eigenvalue weighted by Crippen LogP contribution is 2.36. The van der Waals surface area contributed by atoms with Crippen LogP contribution in [0, 0.1) is 12.7 Å². The molecule has 0 saturated heterocycles. The Bertz CT molecular complexity index is 599. The summed E-state index contributed by atoms with van der Waals surface area (Å²) in [5.41, 5.74) is 2.42. The SMILES string of the molecule is COc1ccc(C(Cl)c2ccc(F)cc2C)c(Cl)c1. The number of ether oxygens (including phenoxy) is 1. The second-order valence-corrected chi connectivity index (χ2v) is 5.09. The van der Waals surface area contributed by atoms with Gasteiger partial charge in [0.2, 0.25) is 0 Å². The lowest BCUT2D eigenvalue weighted by Crippen LogP contribution is -1.98. The molecular weight excluding hydrogens is 286 g/mol. The zero-order valence-electron chi connectivity index (χ0n) is 10.6. The molecule has 100 valence electrons. The Morgan fingerprint density at radius 2 is 1.79 bits per heavy atom. The summed E-state index contributed by atoms with van der Waals surface area (Å²) < 4.78 is 18.2. The minimum Gasteiger partial charge on any atom is -0.497 e. The molecule has 1 nitrogen and oxygen atoms in total. The van der Waals surface area contributed by atoms with Crippen LogP contribution < -0.4 is 4.74 Å². The molecular formula is C15H13Cl2FO. The Hall–Kier alpha value is -1.25. The highest BCUT2D eigenvalue weighted by Gasteiger charge is 2.17. The highest BCUT2D eigenvalue weighted by atomic mass is 35.5. The molecule has 0 spiro atoms. The first-order chi connectivity index (χ1) is 9.02. The van der Waals surface area contributed by atoms with E-state index in [4.69, 9.17) is 27.9 Å². The van der Waals surface area contributed by atoms with Gasteiger partial charge < -0.3 is 4.74 Å². The summed E-state index contributed by atoms with van der Waals surface area (Å²) in [5.74, 6) is 0.402. The van der Waals surface area contributed by atoms with Gasteiger partial charge in [-0.2, -0.15) is 0 Å². The Kier molecular flexibility index (Phi) is 4.33. The first kappa shape index (κ1) is 14.2. The van der Waals surface area contributed by atoms with Gasteiger partial charge in [-0.1, -0.05) is 23.7 Å². The molecule has 1 atom stereocenters. The smallest absolute Gasteiger partial charge is 0.123 e. The zero-order chi connectivity index (χ0) is 14.0. The highest BCUT2D eigenvalue weighted by molar-refractivity contribution is 6.33. The largest absolute Gasteiger partial charge is 0.497 e. The summed E-state index contributed by atoms with van der Waals surface area (Å²) in [4.78, 5) is 0. The van der Waals surface area contributed by atoms with E-state index in [-0.39, 0.29) is 5.82 Å². The molecule has 0 aromatic heterocycles. The number of methoxy groups -OCH3 is 1. The molecule has 4 heteroatoms. The summed E-state index contributed by atoms with van der Waals surface area (Å²) in [7, 11) is 1.58. The molecule has 0 amide bonds. The number of halogens is 3. The maximum Gasteiger partial charge on any atom is 0.123 e.